The third kappa shape index (κ3) is 4.95. The molecule has 1 aromatic heterocycles. The number of amides is 1. The highest BCUT2D eigenvalue weighted by Gasteiger charge is 2.27. The number of nitrogens with zero attached hydrogens (tertiary/aromatic N) is 2. The van der Waals surface area contributed by atoms with Crippen molar-refractivity contribution >= 4 is 45.5 Å². The molecule has 1 atom stereocenters. The first-order valence-corrected chi connectivity index (χ1v) is 11.6. The Kier molecular flexibility index (Phi) is 6.77. The fourth-order valence-electron chi connectivity index (χ4n) is 3.82. The summed E-state index contributed by atoms with van der Waals surface area (Å²) in [5.41, 5.74) is 3.19. The molecule has 2 heterocycles. The van der Waals surface area contributed by atoms with Gasteiger partial charge in [-0.1, -0.05) is 41.1 Å². The van der Waals surface area contributed by atoms with Gasteiger partial charge in [-0.25, -0.2) is 9.78 Å². The quantitative estimate of drug-likeness (QED) is 0.505. The van der Waals surface area contributed by atoms with Crippen LogP contribution in [0.2, 0.25) is 5.02 Å². The van der Waals surface area contributed by atoms with E-state index in [2.05, 4.69) is 15.2 Å². The van der Waals surface area contributed by atoms with Gasteiger partial charge in [0.2, 0.25) is 5.91 Å². The molecule has 0 saturated carbocycles. The molecule has 2 aromatic carbocycles. The van der Waals surface area contributed by atoms with Crippen molar-refractivity contribution < 1.29 is 14.3 Å². The molecule has 1 amide bonds. The largest absolute Gasteiger partial charge is 0.465 e. The molecule has 4 rings (SSSR count). The van der Waals surface area contributed by atoms with E-state index in [0.717, 1.165) is 46.3 Å². The number of ether oxygens (including phenoxy) is 1. The van der Waals surface area contributed by atoms with E-state index in [1.807, 2.05) is 49.4 Å². The van der Waals surface area contributed by atoms with Crippen LogP contribution in [-0.4, -0.2) is 37.1 Å². The maximum Gasteiger partial charge on any atom is 0.337 e. The van der Waals surface area contributed by atoms with E-state index in [0.29, 0.717) is 17.1 Å². The van der Waals surface area contributed by atoms with Crippen molar-refractivity contribution in [1.82, 2.24) is 4.98 Å². The number of methoxy groups -OCH3 is 1. The van der Waals surface area contributed by atoms with Crippen LogP contribution in [-0.2, 0) is 9.53 Å². The minimum absolute atomic E-state index is 0.00627. The SMILES string of the molecule is COC(=O)c1cccc(N2CCCC(C(=O)Nc3sc(-c4ccc(Cl)cc4)nc3C)C2)c1. The first-order valence-electron chi connectivity index (χ1n) is 10.4. The third-order valence-corrected chi connectivity index (χ3v) is 6.92. The van der Waals surface area contributed by atoms with Crippen molar-refractivity contribution in [2.45, 2.75) is 19.8 Å². The van der Waals surface area contributed by atoms with Gasteiger partial charge in [0.15, 0.2) is 0 Å². The maximum atomic E-state index is 13.1. The Morgan fingerprint density at radius 2 is 2.00 bits per heavy atom. The molecule has 8 heteroatoms. The van der Waals surface area contributed by atoms with Crippen molar-refractivity contribution in [3.63, 3.8) is 0 Å². The summed E-state index contributed by atoms with van der Waals surface area (Å²) < 4.78 is 4.82. The Hall–Kier alpha value is -2.90. The van der Waals surface area contributed by atoms with Crippen molar-refractivity contribution in [1.29, 1.82) is 0 Å². The van der Waals surface area contributed by atoms with Gasteiger partial charge < -0.3 is 15.0 Å². The Morgan fingerprint density at radius 1 is 1.22 bits per heavy atom. The molecule has 1 aliphatic heterocycles. The first-order chi connectivity index (χ1) is 15.4. The Morgan fingerprint density at radius 3 is 2.75 bits per heavy atom. The lowest BCUT2D eigenvalue weighted by molar-refractivity contribution is -0.120. The molecule has 1 fully saturated rings. The highest BCUT2D eigenvalue weighted by Crippen LogP contribution is 2.33. The monoisotopic (exact) mass is 469 g/mol. The van der Waals surface area contributed by atoms with Gasteiger partial charge in [0, 0.05) is 29.4 Å². The number of thiazole rings is 1. The number of carbonyl (C=O) groups is 2. The third-order valence-electron chi connectivity index (χ3n) is 5.55. The summed E-state index contributed by atoms with van der Waals surface area (Å²) in [6.07, 6.45) is 1.72. The molecule has 0 aliphatic carbocycles. The number of benzene rings is 2. The zero-order chi connectivity index (χ0) is 22.7. The number of aryl methyl sites for hydroxylation is 1. The van der Waals surface area contributed by atoms with Crippen molar-refractivity contribution in [2.75, 3.05) is 30.4 Å². The summed E-state index contributed by atoms with van der Waals surface area (Å²) in [6, 6.07) is 14.9. The number of piperidine rings is 1. The number of halogens is 1. The fourth-order valence-corrected chi connectivity index (χ4v) is 4.92. The normalized spacial score (nSPS) is 16.0. The number of rotatable bonds is 5. The Bertz CT molecular complexity index is 1130. The van der Waals surface area contributed by atoms with Gasteiger partial charge in [0.25, 0.3) is 0 Å². The molecule has 6 nitrogen and oxygen atoms in total. The lowest BCUT2D eigenvalue weighted by Crippen LogP contribution is -2.40. The molecule has 0 spiro atoms. The number of hydrogen-bond acceptors (Lipinski definition) is 6. The van der Waals surface area contributed by atoms with Gasteiger partial charge >= 0.3 is 5.97 Å². The van der Waals surface area contributed by atoms with Crippen LogP contribution < -0.4 is 10.2 Å². The molecule has 1 aliphatic rings. The summed E-state index contributed by atoms with van der Waals surface area (Å²) in [4.78, 5) is 31.7. The van der Waals surface area contributed by atoms with E-state index in [4.69, 9.17) is 16.3 Å². The van der Waals surface area contributed by atoms with E-state index < -0.39 is 0 Å². The van der Waals surface area contributed by atoms with E-state index in [1.165, 1.54) is 18.4 Å². The highest BCUT2D eigenvalue weighted by atomic mass is 35.5. The second kappa shape index (κ2) is 9.71. The molecule has 32 heavy (non-hydrogen) atoms. The first kappa shape index (κ1) is 22.3. The van der Waals surface area contributed by atoms with Crippen LogP contribution in [0.25, 0.3) is 10.6 Å². The van der Waals surface area contributed by atoms with Gasteiger partial charge in [-0.15, -0.1) is 0 Å². The van der Waals surface area contributed by atoms with Crippen molar-refractivity contribution in [2.24, 2.45) is 5.92 Å². The molecule has 1 saturated heterocycles. The van der Waals surface area contributed by atoms with Crippen molar-refractivity contribution in [3.05, 3.63) is 64.8 Å². The van der Waals surface area contributed by atoms with E-state index >= 15 is 0 Å². The summed E-state index contributed by atoms with van der Waals surface area (Å²) in [5, 5.41) is 5.37. The van der Waals surface area contributed by atoms with E-state index in [-0.39, 0.29) is 17.8 Å². The van der Waals surface area contributed by atoms with Crippen LogP contribution in [0.1, 0.15) is 28.9 Å². The summed E-state index contributed by atoms with van der Waals surface area (Å²) >= 11 is 7.44. The second-order valence-corrected chi connectivity index (χ2v) is 9.19. The topological polar surface area (TPSA) is 71.5 Å². The van der Waals surface area contributed by atoms with E-state index in [9.17, 15) is 9.59 Å². The van der Waals surface area contributed by atoms with Gasteiger partial charge in [0.1, 0.15) is 10.0 Å². The molecule has 0 bridgehead atoms. The number of anilines is 2. The zero-order valence-electron chi connectivity index (χ0n) is 17.9. The van der Waals surface area contributed by atoms with Crippen LogP contribution >= 0.6 is 22.9 Å². The molecule has 1 unspecified atom stereocenters. The van der Waals surface area contributed by atoms with Crippen molar-refractivity contribution in [3.8, 4) is 10.6 Å². The lowest BCUT2D eigenvalue weighted by atomic mass is 9.96. The van der Waals surface area contributed by atoms with Gasteiger partial charge in [-0.3, -0.25) is 4.79 Å². The standard InChI is InChI=1S/C24H24ClN3O3S/c1-15-22(32-23(26-15)16-8-10-19(25)11-9-16)27-21(29)18-6-4-12-28(14-18)20-7-3-5-17(13-20)24(30)31-2/h3,5,7-11,13,18H,4,6,12,14H2,1-2H3,(H,27,29). The minimum Gasteiger partial charge on any atom is -0.465 e. The lowest BCUT2D eigenvalue weighted by Gasteiger charge is -2.33. The number of carbonyl (C=O) groups excluding carboxylic acids is 2. The maximum absolute atomic E-state index is 13.1. The van der Waals surface area contributed by atoms with Gasteiger partial charge in [-0.05, 0) is 50.1 Å². The minimum atomic E-state index is -0.365. The predicted molar refractivity (Wildman–Crippen MR) is 129 cm³/mol. The molecular weight excluding hydrogens is 446 g/mol. The fraction of sp³-hybridized carbons (Fsp3) is 0.292. The molecular formula is C24H24ClN3O3S. The van der Waals surface area contributed by atoms with Crippen LogP contribution in [0.4, 0.5) is 10.7 Å². The Labute approximate surface area is 196 Å². The molecule has 3 aromatic rings. The average molecular weight is 470 g/mol. The van der Waals surface area contributed by atoms with E-state index in [1.54, 1.807) is 6.07 Å². The number of nitrogens with one attached hydrogen (secondary N) is 1. The summed E-state index contributed by atoms with van der Waals surface area (Å²) in [5.74, 6) is -0.519. The van der Waals surface area contributed by atoms with Gasteiger partial charge in [-0.2, -0.15) is 0 Å². The second-order valence-electron chi connectivity index (χ2n) is 7.76. The van der Waals surface area contributed by atoms with Crippen LogP contribution in [0.3, 0.4) is 0 Å². The smallest absolute Gasteiger partial charge is 0.337 e. The average Bonchev–Trinajstić information content (AvgIpc) is 3.19. The summed E-state index contributed by atoms with van der Waals surface area (Å²) in [6.45, 7) is 3.34. The van der Waals surface area contributed by atoms with Crippen LogP contribution in [0.5, 0.6) is 0 Å². The highest BCUT2D eigenvalue weighted by molar-refractivity contribution is 7.19. The van der Waals surface area contributed by atoms with Crippen LogP contribution in [0, 0.1) is 12.8 Å². The molecule has 166 valence electrons. The molecule has 1 N–H and O–H groups in total. The van der Waals surface area contributed by atoms with Crippen LogP contribution in [0.15, 0.2) is 48.5 Å². The molecule has 0 radical (unpaired) electrons. The number of esters is 1. The Balaban J connectivity index is 1.45. The number of hydrogen-bond donors (Lipinski definition) is 1. The zero-order valence-corrected chi connectivity index (χ0v) is 19.5. The summed E-state index contributed by atoms with van der Waals surface area (Å²) in [7, 11) is 1.37. The number of aromatic nitrogens is 1. The van der Waals surface area contributed by atoms with Gasteiger partial charge in [0.05, 0.1) is 24.3 Å². The predicted octanol–water partition coefficient (Wildman–Crippen LogP) is 5.41.